The Hall–Kier alpha value is -3.20. The summed E-state index contributed by atoms with van der Waals surface area (Å²) in [6, 6.07) is 12.2. The molecule has 0 heterocycles. The molecule has 0 spiro atoms. The van der Waals surface area contributed by atoms with Gasteiger partial charge in [0, 0.05) is 12.0 Å². The molecule has 0 aliphatic heterocycles. The van der Waals surface area contributed by atoms with E-state index < -0.39 is 23.7 Å². The molecule has 0 radical (unpaired) electrons. The molecule has 0 saturated carbocycles. The van der Waals surface area contributed by atoms with Crippen LogP contribution in [0.2, 0.25) is 0 Å². The topological polar surface area (TPSA) is 90.2 Å². The van der Waals surface area contributed by atoms with Crippen molar-refractivity contribution in [1.82, 2.24) is 5.32 Å². The standard InChI is InChI=1S/C17H13FN2O3/c18-14-4-2-1-3-13(14)9-15(17(22)23)20-16(21)12-7-5-11(10-19)6-8-12/h1-8,15H,9H2,(H,20,21)(H,22,23)/t15-/m0/s1. The zero-order valence-electron chi connectivity index (χ0n) is 12.0. The molecule has 0 aromatic heterocycles. The van der Waals surface area contributed by atoms with Crippen LogP contribution < -0.4 is 5.32 Å². The third-order valence-electron chi connectivity index (χ3n) is 3.26. The minimum atomic E-state index is -1.25. The van der Waals surface area contributed by atoms with E-state index in [4.69, 9.17) is 5.26 Å². The van der Waals surface area contributed by atoms with Gasteiger partial charge < -0.3 is 10.4 Å². The Bertz CT molecular complexity index is 766. The maximum Gasteiger partial charge on any atom is 0.326 e. The number of nitriles is 1. The first-order valence-corrected chi connectivity index (χ1v) is 6.78. The molecule has 23 heavy (non-hydrogen) atoms. The zero-order chi connectivity index (χ0) is 16.8. The molecule has 0 unspecified atom stereocenters. The third kappa shape index (κ3) is 4.14. The summed E-state index contributed by atoms with van der Waals surface area (Å²) in [6.07, 6.45) is -0.163. The number of benzene rings is 2. The molecule has 2 aromatic carbocycles. The smallest absolute Gasteiger partial charge is 0.326 e. The minimum absolute atomic E-state index is 0.163. The Kier molecular flexibility index (Phi) is 5.05. The average Bonchev–Trinajstić information content (AvgIpc) is 2.56. The van der Waals surface area contributed by atoms with Gasteiger partial charge in [-0.3, -0.25) is 4.79 Å². The van der Waals surface area contributed by atoms with Gasteiger partial charge in [-0.1, -0.05) is 18.2 Å². The second-order valence-corrected chi connectivity index (χ2v) is 4.85. The largest absolute Gasteiger partial charge is 0.480 e. The highest BCUT2D eigenvalue weighted by molar-refractivity contribution is 5.96. The molecule has 2 rings (SSSR count). The van der Waals surface area contributed by atoms with Crippen molar-refractivity contribution in [3.63, 3.8) is 0 Å². The first-order chi connectivity index (χ1) is 11.0. The number of carboxylic acids is 1. The lowest BCUT2D eigenvalue weighted by Gasteiger charge is -2.15. The highest BCUT2D eigenvalue weighted by Crippen LogP contribution is 2.10. The summed E-state index contributed by atoms with van der Waals surface area (Å²) in [4.78, 5) is 23.4. The van der Waals surface area contributed by atoms with Crippen LogP contribution in [0.5, 0.6) is 0 Å². The maximum atomic E-state index is 13.6. The maximum absolute atomic E-state index is 13.6. The molecule has 1 atom stereocenters. The van der Waals surface area contributed by atoms with E-state index in [0.29, 0.717) is 5.56 Å². The van der Waals surface area contributed by atoms with E-state index in [9.17, 15) is 19.1 Å². The van der Waals surface area contributed by atoms with Crippen molar-refractivity contribution in [2.75, 3.05) is 0 Å². The third-order valence-corrected chi connectivity index (χ3v) is 3.26. The Morgan fingerprint density at radius 3 is 2.39 bits per heavy atom. The van der Waals surface area contributed by atoms with Crippen molar-refractivity contribution in [2.24, 2.45) is 0 Å². The van der Waals surface area contributed by atoms with Gasteiger partial charge >= 0.3 is 5.97 Å². The molecule has 0 aliphatic carbocycles. The van der Waals surface area contributed by atoms with Gasteiger partial charge in [-0.25, -0.2) is 9.18 Å². The van der Waals surface area contributed by atoms with E-state index in [1.54, 1.807) is 6.07 Å². The lowest BCUT2D eigenvalue weighted by atomic mass is 10.0. The van der Waals surface area contributed by atoms with E-state index in [-0.39, 0.29) is 17.5 Å². The van der Waals surface area contributed by atoms with Crippen molar-refractivity contribution in [3.8, 4) is 6.07 Å². The van der Waals surface area contributed by atoms with Crippen LogP contribution in [0, 0.1) is 17.1 Å². The summed E-state index contributed by atoms with van der Waals surface area (Å²) in [5.74, 6) is -2.38. The van der Waals surface area contributed by atoms with Gasteiger partial charge in [0.25, 0.3) is 5.91 Å². The molecule has 2 aromatic rings. The van der Waals surface area contributed by atoms with E-state index in [1.165, 1.54) is 42.5 Å². The van der Waals surface area contributed by atoms with Crippen LogP contribution in [0.15, 0.2) is 48.5 Å². The molecule has 0 saturated heterocycles. The summed E-state index contributed by atoms with van der Waals surface area (Å²) >= 11 is 0. The number of hydrogen-bond donors (Lipinski definition) is 2. The summed E-state index contributed by atoms with van der Waals surface area (Å²) in [7, 11) is 0. The number of rotatable bonds is 5. The molecular weight excluding hydrogens is 299 g/mol. The Balaban J connectivity index is 2.13. The molecule has 6 heteroatoms. The van der Waals surface area contributed by atoms with Crippen LogP contribution in [-0.4, -0.2) is 23.0 Å². The number of carbonyl (C=O) groups excluding carboxylic acids is 1. The quantitative estimate of drug-likeness (QED) is 0.885. The summed E-state index contributed by atoms with van der Waals surface area (Å²) in [6.45, 7) is 0. The monoisotopic (exact) mass is 312 g/mol. The summed E-state index contributed by atoms with van der Waals surface area (Å²) in [5.41, 5.74) is 0.825. The van der Waals surface area contributed by atoms with Gasteiger partial charge in [0.2, 0.25) is 0 Å². The number of hydrogen-bond acceptors (Lipinski definition) is 3. The van der Waals surface area contributed by atoms with Crippen molar-refractivity contribution in [2.45, 2.75) is 12.5 Å². The van der Waals surface area contributed by atoms with Crippen LogP contribution >= 0.6 is 0 Å². The fourth-order valence-corrected chi connectivity index (χ4v) is 2.02. The molecule has 2 N–H and O–H groups in total. The van der Waals surface area contributed by atoms with Gasteiger partial charge in [-0.05, 0) is 35.9 Å². The van der Waals surface area contributed by atoms with Gasteiger partial charge in [0.1, 0.15) is 11.9 Å². The first-order valence-electron chi connectivity index (χ1n) is 6.78. The normalized spacial score (nSPS) is 11.3. The highest BCUT2D eigenvalue weighted by atomic mass is 19.1. The van der Waals surface area contributed by atoms with Crippen LogP contribution in [0.25, 0.3) is 0 Å². The molecule has 0 fully saturated rings. The molecule has 5 nitrogen and oxygen atoms in total. The molecule has 116 valence electrons. The molecule has 0 aliphatic rings. The summed E-state index contributed by atoms with van der Waals surface area (Å²) < 4.78 is 13.6. The highest BCUT2D eigenvalue weighted by Gasteiger charge is 2.22. The second kappa shape index (κ2) is 7.18. The van der Waals surface area contributed by atoms with Gasteiger partial charge in [-0.15, -0.1) is 0 Å². The Labute approximate surface area is 132 Å². The van der Waals surface area contributed by atoms with E-state index in [1.807, 2.05) is 6.07 Å². The first kappa shape index (κ1) is 16.2. The van der Waals surface area contributed by atoms with Gasteiger partial charge in [0.15, 0.2) is 0 Å². The number of nitrogens with zero attached hydrogens (tertiary/aromatic N) is 1. The van der Waals surface area contributed by atoms with Gasteiger partial charge in [-0.2, -0.15) is 5.26 Å². The number of halogens is 1. The van der Waals surface area contributed by atoms with Crippen molar-refractivity contribution in [1.29, 1.82) is 5.26 Å². The van der Waals surface area contributed by atoms with E-state index in [2.05, 4.69) is 5.32 Å². The molecule has 0 bridgehead atoms. The van der Waals surface area contributed by atoms with E-state index >= 15 is 0 Å². The number of nitrogens with one attached hydrogen (secondary N) is 1. The predicted octanol–water partition coefficient (Wildman–Crippen LogP) is 2.12. The SMILES string of the molecule is N#Cc1ccc(C(=O)N[C@@H](Cc2ccccc2F)C(=O)O)cc1. The summed E-state index contributed by atoms with van der Waals surface area (Å²) in [5, 5.41) is 20.3. The van der Waals surface area contributed by atoms with Crippen LogP contribution in [-0.2, 0) is 11.2 Å². The lowest BCUT2D eigenvalue weighted by molar-refractivity contribution is -0.139. The van der Waals surface area contributed by atoms with Crippen LogP contribution in [0.3, 0.4) is 0 Å². The average molecular weight is 312 g/mol. The lowest BCUT2D eigenvalue weighted by Crippen LogP contribution is -2.42. The van der Waals surface area contributed by atoms with Crippen molar-refractivity contribution >= 4 is 11.9 Å². The predicted molar refractivity (Wildman–Crippen MR) is 80.2 cm³/mol. The molecular formula is C17H13FN2O3. The fourth-order valence-electron chi connectivity index (χ4n) is 2.02. The zero-order valence-corrected chi connectivity index (χ0v) is 12.0. The van der Waals surface area contributed by atoms with Crippen LogP contribution in [0.4, 0.5) is 4.39 Å². The number of amides is 1. The Morgan fingerprint density at radius 1 is 1.17 bits per heavy atom. The number of carbonyl (C=O) groups is 2. The fraction of sp³-hybridized carbons (Fsp3) is 0.118. The second-order valence-electron chi connectivity index (χ2n) is 4.85. The van der Waals surface area contributed by atoms with Crippen LogP contribution in [0.1, 0.15) is 21.5 Å². The van der Waals surface area contributed by atoms with Gasteiger partial charge in [0.05, 0.1) is 11.6 Å². The van der Waals surface area contributed by atoms with E-state index in [0.717, 1.165) is 0 Å². The molecule has 1 amide bonds. The Morgan fingerprint density at radius 2 is 1.83 bits per heavy atom. The number of carboxylic acid groups (broad SMARTS) is 1. The minimum Gasteiger partial charge on any atom is -0.480 e. The van der Waals surface area contributed by atoms with Crippen molar-refractivity contribution in [3.05, 3.63) is 71.0 Å². The number of aliphatic carboxylic acids is 1. The van der Waals surface area contributed by atoms with Crippen molar-refractivity contribution < 1.29 is 19.1 Å².